The van der Waals surface area contributed by atoms with Gasteiger partial charge in [-0.1, -0.05) is 25.5 Å². The fourth-order valence-corrected chi connectivity index (χ4v) is 8.28. The lowest BCUT2D eigenvalue weighted by Crippen LogP contribution is -2.56. The van der Waals surface area contributed by atoms with Crippen molar-refractivity contribution < 1.29 is 14.7 Å². The Morgan fingerprint density at radius 3 is 2.50 bits per heavy atom. The molecule has 1 unspecified atom stereocenters. The molecule has 0 radical (unpaired) electrons. The Morgan fingerprint density at radius 2 is 1.87 bits per heavy atom. The molecule has 0 bridgehead atoms. The van der Waals surface area contributed by atoms with Crippen LogP contribution in [0, 0.1) is 34.5 Å². The standard InChI is InChI=1S/C26H39NO3/c1-16(27(23(29)30)24(2,3)4)20-9-10-21-19-8-7-17-15-18(28)11-13-25(17,5)22(19)12-14-26(20,21)6/h11,13,15-16,19-22H,7-10,12,14H2,1-6H3,(H,29,30)/t16?,19-,20+,21-,22-,25-,26+/m0/s1. The zero-order chi connectivity index (χ0) is 22.1. The van der Waals surface area contributed by atoms with Crippen LogP contribution in [0.25, 0.3) is 0 Å². The summed E-state index contributed by atoms with van der Waals surface area (Å²) in [5.41, 5.74) is 1.17. The molecule has 4 nitrogen and oxygen atoms in total. The number of amides is 1. The summed E-state index contributed by atoms with van der Waals surface area (Å²) in [6.45, 7) is 13.0. The molecule has 0 spiro atoms. The van der Waals surface area contributed by atoms with E-state index in [1.165, 1.54) is 24.8 Å². The molecule has 0 aromatic heterocycles. The van der Waals surface area contributed by atoms with Crippen molar-refractivity contribution in [2.24, 2.45) is 34.5 Å². The second-order valence-electron chi connectivity index (χ2n) is 11.9. The smallest absolute Gasteiger partial charge is 0.407 e. The molecule has 1 N–H and O–H groups in total. The topological polar surface area (TPSA) is 57.6 Å². The Kier molecular flexibility index (Phi) is 5.03. The molecular formula is C26H39NO3. The van der Waals surface area contributed by atoms with Gasteiger partial charge in [0.05, 0.1) is 0 Å². The van der Waals surface area contributed by atoms with Crippen LogP contribution in [0.5, 0.6) is 0 Å². The number of rotatable bonds is 2. The highest BCUT2D eigenvalue weighted by molar-refractivity contribution is 6.01. The van der Waals surface area contributed by atoms with Crippen molar-refractivity contribution in [2.75, 3.05) is 0 Å². The van der Waals surface area contributed by atoms with Gasteiger partial charge in [-0.05, 0) is 107 Å². The predicted octanol–water partition coefficient (Wildman–Crippen LogP) is 6.08. The molecular weight excluding hydrogens is 374 g/mol. The minimum absolute atomic E-state index is 0.0240. The number of carbonyl (C=O) groups excluding carboxylic acids is 1. The van der Waals surface area contributed by atoms with Crippen LogP contribution >= 0.6 is 0 Å². The summed E-state index contributed by atoms with van der Waals surface area (Å²) in [5.74, 6) is 2.49. The lowest BCUT2D eigenvalue weighted by Gasteiger charge is -2.58. The number of fused-ring (bicyclic) bond motifs is 5. The van der Waals surface area contributed by atoms with Gasteiger partial charge in [0.25, 0.3) is 0 Å². The Bertz CT molecular complexity index is 806. The fourth-order valence-electron chi connectivity index (χ4n) is 8.28. The number of allylic oxidation sites excluding steroid dienone is 4. The zero-order valence-corrected chi connectivity index (χ0v) is 19.6. The average Bonchev–Trinajstić information content (AvgIpc) is 2.98. The van der Waals surface area contributed by atoms with Crippen LogP contribution in [0.2, 0.25) is 0 Å². The van der Waals surface area contributed by atoms with E-state index in [-0.39, 0.29) is 22.7 Å². The van der Waals surface area contributed by atoms with Crippen molar-refractivity contribution in [2.45, 2.75) is 91.6 Å². The van der Waals surface area contributed by atoms with Crippen LogP contribution in [0.1, 0.15) is 80.1 Å². The molecule has 0 aliphatic heterocycles. The summed E-state index contributed by atoms with van der Waals surface area (Å²) in [6.07, 6.45) is 12.0. The van der Waals surface area contributed by atoms with Gasteiger partial charge in [0.2, 0.25) is 0 Å². The predicted molar refractivity (Wildman–Crippen MR) is 119 cm³/mol. The van der Waals surface area contributed by atoms with Gasteiger partial charge >= 0.3 is 6.09 Å². The summed E-state index contributed by atoms with van der Waals surface area (Å²) in [5, 5.41) is 9.98. The van der Waals surface area contributed by atoms with E-state index in [0.29, 0.717) is 23.7 Å². The first-order valence-electron chi connectivity index (χ1n) is 11.9. The zero-order valence-electron chi connectivity index (χ0n) is 19.6. The highest BCUT2D eigenvalue weighted by atomic mass is 16.4. The highest BCUT2D eigenvalue weighted by Crippen LogP contribution is 2.66. The lowest BCUT2D eigenvalue weighted by atomic mass is 9.47. The Balaban J connectivity index is 1.62. The summed E-state index contributed by atoms with van der Waals surface area (Å²) in [7, 11) is 0. The molecule has 4 aliphatic carbocycles. The molecule has 4 heteroatoms. The quantitative estimate of drug-likeness (QED) is 0.597. The number of hydrogen-bond acceptors (Lipinski definition) is 2. The van der Waals surface area contributed by atoms with E-state index in [2.05, 4.69) is 26.8 Å². The van der Waals surface area contributed by atoms with Crippen molar-refractivity contribution in [1.29, 1.82) is 0 Å². The number of ketones is 1. The maximum absolute atomic E-state index is 12.1. The molecule has 4 aliphatic rings. The summed E-state index contributed by atoms with van der Waals surface area (Å²) >= 11 is 0. The van der Waals surface area contributed by atoms with Gasteiger partial charge in [-0.2, -0.15) is 0 Å². The molecule has 3 fully saturated rings. The number of carboxylic acid groups (broad SMARTS) is 1. The van der Waals surface area contributed by atoms with Gasteiger partial charge in [-0.3, -0.25) is 4.79 Å². The molecule has 0 saturated heterocycles. The monoisotopic (exact) mass is 413 g/mol. The van der Waals surface area contributed by atoms with Gasteiger partial charge in [-0.15, -0.1) is 0 Å². The van der Waals surface area contributed by atoms with E-state index in [1.54, 1.807) is 11.0 Å². The number of carbonyl (C=O) groups is 2. The van der Waals surface area contributed by atoms with Crippen LogP contribution < -0.4 is 0 Å². The SMILES string of the molecule is CC([C@H]1CC[C@H]2[C@@H]3CCC4=CC(=O)C=C[C@]4(C)[C@H]3CC[C@]12C)N(C(=O)O)C(C)(C)C. The van der Waals surface area contributed by atoms with Crippen molar-refractivity contribution in [3.8, 4) is 0 Å². The van der Waals surface area contributed by atoms with Crippen molar-refractivity contribution >= 4 is 11.9 Å². The van der Waals surface area contributed by atoms with Gasteiger partial charge in [0.1, 0.15) is 0 Å². The molecule has 7 atom stereocenters. The van der Waals surface area contributed by atoms with Gasteiger partial charge in [0.15, 0.2) is 5.78 Å². The van der Waals surface area contributed by atoms with Crippen LogP contribution in [0.4, 0.5) is 4.79 Å². The van der Waals surface area contributed by atoms with E-state index in [0.717, 1.165) is 19.3 Å². The number of nitrogens with zero attached hydrogens (tertiary/aromatic N) is 1. The highest BCUT2D eigenvalue weighted by Gasteiger charge is 2.60. The third-order valence-electron chi connectivity index (χ3n) is 9.55. The van der Waals surface area contributed by atoms with Crippen molar-refractivity contribution in [3.63, 3.8) is 0 Å². The minimum atomic E-state index is -0.798. The van der Waals surface area contributed by atoms with Crippen molar-refractivity contribution in [1.82, 2.24) is 4.90 Å². The molecule has 3 saturated carbocycles. The Hall–Kier alpha value is -1.58. The summed E-state index contributed by atoms with van der Waals surface area (Å²) in [4.78, 5) is 25.8. The summed E-state index contributed by atoms with van der Waals surface area (Å²) in [6, 6.07) is 0.0240. The van der Waals surface area contributed by atoms with E-state index in [1.807, 2.05) is 26.8 Å². The van der Waals surface area contributed by atoms with Crippen molar-refractivity contribution in [3.05, 3.63) is 23.8 Å². The third-order valence-corrected chi connectivity index (χ3v) is 9.55. The molecule has 0 heterocycles. The van der Waals surface area contributed by atoms with E-state index >= 15 is 0 Å². The van der Waals surface area contributed by atoms with Gasteiger partial charge in [0, 0.05) is 17.0 Å². The third kappa shape index (κ3) is 3.08. The second-order valence-corrected chi connectivity index (χ2v) is 11.9. The minimum Gasteiger partial charge on any atom is -0.465 e. The normalized spacial score (nSPS) is 41.4. The molecule has 30 heavy (non-hydrogen) atoms. The first kappa shape index (κ1) is 21.6. The molecule has 166 valence electrons. The van der Waals surface area contributed by atoms with Crippen LogP contribution in [0.15, 0.2) is 23.8 Å². The Labute approximate surface area is 181 Å². The largest absolute Gasteiger partial charge is 0.465 e. The van der Waals surface area contributed by atoms with Crippen LogP contribution in [-0.2, 0) is 4.79 Å². The first-order valence-corrected chi connectivity index (χ1v) is 11.9. The average molecular weight is 414 g/mol. The van der Waals surface area contributed by atoms with E-state index in [4.69, 9.17) is 0 Å². The van der Waals surface area contributed by atoms with E-state index in [9.17, 15) is 14.7 Å². The first-order chi connectivity index (χ1) is 13.9. The molecule has 1 amide bonds. The maximum atomic E-state index is 12.1. The fraction of sp³-hybridized carbons (Fsp3) is 0.769. The Morgan fingerprint density at radius 1 is 1.17 bits per heavy atom. The van der Waals surface area contributed by atoms with Gasteiger partial charge in [-0.25, -0.2) is 4.79 Å². The van der Waals surface area contributed by atoms with Crippen LogP contribution in [-0.4, -0.2) is 33.5 Å². The maximum Gasteiger partial charge on any atom is 0.407 e. The number of hydrogen-bond donors (Lipinski definition) is 1. The molecule has 0 aromatic carbocycles. The van der Waals surface area contributed by atoms with Crippen LogP contribution in [0.3, 0.4) is 0 Å². The van der Waals surface area contributed by atoms with Gasteiger partial charge < -0.3 is 10.0 Å². The molecule has 0 aromatic rings. The second kappa shape index (κ2) is 6.97. The molecule has 4 rings (SSSR count). The summed E-state index contributed by atoms with van der Waals surface area (Å²) < 4.78 is 0. The van der Waals surface area contributed by atoms with E-state index < -0.39 is 11.6 Å². The lowest BCUT2D eigenvalue weighted by molar-refractivity contribution is -0.111.